The Kier molecular flexibility index (Phi) is 7.42. The summed E-state index contributed by atoms with van der Waals surface area (Å²) in [6.07, 6.45) is 1.93. The predicted molar refractivity (Wildman–Crippen MR) is 96.0 cm³/mol. The minimum atomic E-state index is -0.152. The number of carbonyl (C=O) groups excluding carboxylic acids is 2. The number of amides is 2. The van der Waals surface area contributed by atoms with E-state index in [0.717, 1.165) is 22.8 Å². The molecule has 0 bridgehead atoms. The van der Waals surface area contributed by atoms with E-state index in [9.17, 15) is 9.59 Å². The van der Waals surface area contributed by atoms with Gasteiger partial charge in [0.2, 0.25) is 5.91 Å². The van der Waals surface area contributed by atoms with Crippen molar-refractivity contribution in [2.75, 3.05) is 18.8 Å². The lowest BCUT2D eigenvalue weighted by atomic mass is 10.1. The van der Waals surface area contributed by atoms with E-state index < -0.39 is 0 Å². The van der Waals surface area contributed by atoms with Gasteiger partial charge in [-0.25, -0.2) is 0 Å². The molecule has 2 rings (SSSR count). The molecule has 0 aliphatic heterocycles. The van der Waals surface area contributed by atoms with Gasteiger partial charge >= 0.3 is 0 Å². The highest BCUT2D eigenvalue weighted by atomic mass is 32.2. The number of hydrogen-bond acceptors (Lipinski definition) is 4. The molecular weight excluding hydrogens is 324 g/mol. The number of benzene rings is 1. The zero-order chi connectivity index (χ0) is 17.2. The molecule has 128 valence electrons. The van der Waals surface area contributed by atoms with Crippen LogP contribution in [0.1, 0.15) is 28.1 Å². The summed E-state index contributed by atoms with van der Waals surface area (Å²) in [5.74, 6) is 2.35. The minimum absolute atomic E-state index is 0.0573. The first-order valence-electron chi connectivity index (χ1n) is 7.87. The van der Waals surface area contributed by atoms with Crippen LogP contribution in [-0.4, -0.2) is 30.7 Å². The first-order chi connectivity index (χ1) is 11.6. The molecule has 0 aliphatic rings. The lowest BCUT2D eigenvalue weighted by molar-refractivity contribution is -0.120. The van der Waals surface area contributed by atoms with E-state index in [2.05, 4.69) is 10.6 Å². The molecule has 0 spiro atoms. The lowest BCUT2D eigenvalue weighted by Gasteiger charge is -2.07. The van der Waals surface area contributed by atoms with Gasteiger partial charge in [-0.05, 0) is 31.2 Å². The summed E-state index contributed by atoms with van der Waals surface area (Å²) in [4.78, 5) is 23.7. The maximum absolute atomic E-state index is 11.9. The van der Waals surface area contributed by atoms with Crippen LogP contribution in [0.5, 0.6) is 0 Å². The Balaban J connectivity index is 1.54. The van der Waals surface area contributed by atoms with Crippen molar-refractivity contribution in [2.24, 2.45) is 0 Å². The van der Waals surface area contributed by atoms with Gasteiger partial charge in [0.05, 0.1) is 12.0 Å². The van der Waals surface area contributed by atoms with Crippen molar-refractivity contribution >= 4 is 23.6 Å². The number of nitrogens with one attached hydrogen (secondary N) is 2. The molecule has 0 unspecified atom stereocenters. The minimum Gasteiger partial charge on any atom is -0.468 e. The fraction of sp³-hybridized carbons (Fsp3) is 0.333. The lowest BCUT2D eigenvalue weighted by Crippen LogP contribution is -2.31. The fourth-order valence-corrected chi connectivity index (χ4v) is 2.85. The number of rotatable bonds is 9. The van der Waals surface area contributed by atoms with Crippen molar-refractivity contribution in [3.05, 3.63) is 59.5 Å². The summed E-state index contributed by atoms with van der Waals surface area (Å²) in [5, 5.41) is 5.60. The number of thioether (sulfide) groups is 1. The van der Waals surface area contributed by atoms with Crippen LogP contribution in [0.25, 0.3) is 0 Å². The molecule has 24 heavy (non-hydrogen) atoms. The summed E-state index contributed by atoms with van der Waals surface area (Å²) in [6.45, 7) is 2.88. The average Bonchev–Trinajstić information content (AvgIpc) is 3.08. The SMILES string of the molecule is Cc1cccc(C(=O)NCCC(=O)NCCSCc2ccco2)c1. The van der Waals surface area contributed by atoms with Gasteiger partial charge in [-0.15, -0.1) is 0 Å². The Morgan fingerprint density at radius 3 is 2.75 bits per heavy atom. The van der Waals surface area contributed by atoms with Gasteiger partial charge in [-0.1, -0.05) is 17.7 Å². The van der Waals surface area contributed by atoms with Crippen LogP contribution < -0.4 is 10.6 Å². The number of aryl methyl sites for hydroxylation is 1. The van der Waals surface area contributed by atoms with E-state index in [1.54, 1.807) is 24.1 Å². The van der Waals surface area contributed by atoms with Crippen LogP contribution in [0, 0.1) is 6.92 Å². The third kappa shape index (κ3) is 6.50. The molecule has 6 heteroatoms. The first-order valence-corrected chi connectivity index (χ1v) is 9.02. The molecule has 1 heterocycles. The number of furan rings is 1. The molecular formula is C18H22N2O3S. The van der Waals surface area contributed by atoms with Crippen molar-refractivity contribution in [3.63, 3.8) is 0 Å². The summed E-state index contributed by atoms with van der Waals surface area (Å²) >= 11 is 1.70. The molecule has 0 atom stereocenters. The van der Waals surface area contributed by atoms with E-state index in [1.807, 2.05) is 37.3 Å². The average molecular weight is 346 g/mol. The Morgan fingerprint density at radius 2 is 2.00 bits per heavy atom. The topological polar surface area (TPSA) is 71.3 Å². The smallest absolute Gasteiger partial charge is 0.251 e. The maximum atomic E-state index is 11.9. The van der Waals surface area contributed by atoms with Crippen LogP contribution in [0.15, 0.2) is 47.1 Å². The zero-order valence-electron chi connectivity index (χ0n) is 13.7. The normalized spacial score (nSPS) is 10.4. The summed E-state index contributed by atoms with van der Waals surface area (Å²) < 4.78 is 5.23. The summed E-state index contributed by atoms with van der Waals surface area (Å²) in [7, 11) is 0. The molecule has 0 saturated heterocycles. The van der Waals surface area contributed by atoms with Crippen molar-refractivity contribution in [2.45, 2.75) is 19.1 Å². The van der Waals surface area contributed by atoms with Gasteiger partial charge in [0.1, 0.15) is 5.76 Å². The Labute approximate surface area is 146 Å². The van der Waals surface area contributed by atoms with E-state index >= 15 is 0 Å². The third-order valence-corrected chi connectivity index (χ3v) is 4.29. The largest absolute Gasteiger partial charge is 0.468 e. The molecule has 5 nitrogen and oxygen atoms in total. The highest BCUT2D eigenvalue weighted by Gasteiger charge is 2.06. The van der Waals surface area contributed by atoms with Gasteiger partial charge in [0.25, 0.3) is 5.91 Å². The highest BCUT2D eigenvalue weighted by Crippen LogP contribution is 2.11. The van der Waals surface area contributed by atoms with Crippen LogP contribution in [0.2, 0.25) is 0 Å². The standard InChI is InChI=1S/C18H22N2O3S/c1-14-4-2-5-15(12-14)18(22)20-8-7-17(21)19-9-11-24-13-16-6-3-10-23-16/h2-6,10,12H,7-9,11,13H2,1H3,(H,19,21)(H,20,22). The Hall–Kier alpha value is -2.21. The Bertz CT molecular complexity index is 656. The van der Waals surface area contributed by atoms with Gasteiger partial charge in [0.15, 0.2) is 0 Å². The van der Waals surface area contributed by atoms with Crippen LogP contribution in [0.4, 0.5) is 0 Å². The second-order valence-electron chi connectivity index (χ2n) is 5.36. The van der Waals surface area contributed by atoms with E-state index in [-0.39, 0.29) is 18.2 Å². The molecule has 0 saturated carbocycles. The molecule has 2 N–H and O–H groups in total. The molecule has 0 fully saturated rings. The van der Waals surface area contributed by atoms with Gasteiger partial charge in [-0.2, -0.15) is 11.8 Å². The van der Waals surface area contributed by atoms with Gasteiger partial charge in [0, 0.05) is 30.8 Å². The summed E-state index contributed by atoms with van der Waals surface area (Å²) in [6, 6.07) is 11.2. The molecule has 2 amide bonds. The van der Waals surface area contributed by atoms with Crippen molar-refractivity contribution in [1.29, 1.82) is 0 Å². The third-order valence-electron chi connectivity index (χ3n) is 3.31. The van der Waals surface area contributed by atoms with E-state index in [0.29, 0.717) is 18.7 Å². The molecule has 0 radical (unpaired) electrons. The van der Waals surface area contributed by atoms with Crippen LogP contribution in [-0.2, 0) is 10.5 Å². The fourth-order valence-electron chi connectivity index (χ4n) is 2.10. The van der Waals surface area contributed by atoms with Crippen molar-refractivity contribution in [1.82, 2.24) is 10.6 Å². The van der Waals surface area contributed by atoms with Gasteiger partial charge < -0.3 is 15.1 Å². The first kappa shape index (κ1) is 18.1. The van der Waals surface area contributed by atoms with Crippen molar-refractivity contribution in [3.8, 4) is 0 Å². The quantitative estimate of drug-likeness (QED) is 0.685. The second-order valence-corrected chi connectivity index (χ2v) is 6.46. The maximum Gasteiger partial charge on any atom is 0.251 e. The second kappa shape index (κ2) is 9.82. The molecule has 1 aromatic heterocycles. The van der Waals surface area contributed by atoms with Crippen molar-refractivity contribution < 1.29 is 14.0 Å². The number of hydrogen-bond donors (Lipinski definition) is 2. The summed E-state index contributed by atoms with van der Waals surface area (Å²) in [5.41, 5.74) is 1.65. The zero-order valence-corrected chi connectivity index (χ0v) is 14.5. The highest BCUT2D eigenvalue weighted by molar-refractivity contribution is 7.98. The van der Waals surface area contributed by atoms with Crippen LogP contribution >= 0.6 is 11.8 Å². The predicted octanol–water partition coefficient (Wildman–Crippen LogP) is 2.76. The monoisotopic (exact) mass is 346 g/mol. The Morgan fingerprint density at radius 1 is 1.12 bits per heavy atom. The molecule has 0 aliphatic carbocycles. The van der Waals surface area contributed by atoms with E-state index in [4.69, 9.17) is 4.42 Å². The van der Waals surface area contributed by atoms with Gasteiger partial charge in [-0.3, -0.25) is 9.59 Å². The number of carbonyl (C=O) groups is 2. The van der Waals surface area contributed by atoms with E-state index in [1.165, 1.54) is 0 Å². The molecule has 1 aromatic carbocycles. The molecule has 2 aromatic rings. The van der Waals surface area contributed by atoms with Crippen LogP contribution in [0.3, 0.4) is 0 Å².